The molecule has 0 aliphatic rings. The number of hydrogen-bond acceptors (Lipinski definition) is 6. The van der Waals surface area contributed by atoms with E-state index in [1.807, 2.05) is 0 Å². The second kappa shape index (κ2) is 61.1. The van der Waals surface area contributed by atoms with Gasteiger partial charge in [0.15, 0.2) is 6.10 Å². The summed E-state index contributed by atoms with van der Waals surface area (Å²) in [7, 11) is 0. The fourth-order valence-corrected chi connectivity index (χ4v) is 8.69. The van der Waals surface area contributed by atoms with E-state index < -0.39 is 6.10 Å². The molecule has 0 fully saturated rings. The molecule has 0 aromatic carbocycles. The van der Waals surface area contributed by atoms with Crippen molar-refractivity contribution in [2.75, 3.05) is 13.2 Å². The van der Waals surface area contributed by atoms with Crippen molar-refractivity contribution >= 4 is 17.9 Å². The maximum atomic E-state index is 12.9. The van der Waals surface area contributed by atoms with Crippen molar-refractivity contribution in [3.8, 4) is 0 Å². The quantitative estimate of drug-likeness (QED) is 0.0261. The lowest BCUT2D eigenvalue weighted by Gasteiger charge is -2.18. The lowest BCUT2D eigenvalue weighted by atomic mass is 10.1. The van der Waals surface area contributed by atoms with E-state index in [0.717, 1.165) is 96.3 Å². The molecule has 420 valence electrons. The Morgan fingerprint density at radius 2 is 0.534 bits per heavy atom. The van der Waals surface area contributed by atoms with Gasteiger partial charge in [0.2, 0.25) is 0 Å². The average molecular weight is 1020 g/mol. The van der Waals surface area contributed by atoms with Gasteiger partial charge in [-0.1, -0.05) is 254 Å². The van der Waals surface area contributed by atoms with Crippen LogP contribution in [0.2, 0.25) is 0 Å². The summed E-state index contributed by atoms with van der Waals surface area (Å²) in [5, 5.41) is 0. The average Bonchev–Trinajstić information content (AvgIpc) is 3.39. The predicted octanol–water partition coefficient (Wildman–Crippen LogP) is 21.1. The van der Waals surface area contributed by atoms with Gasteiger partial charge in [-0.25, -0.2) is 0 Å². The van der Waals surface area contributed by atoms with Crippen LogP contribution < -0.4 is 0 Å². The number of allylic oxidation sites excluding steroid dienone is 14. The Morgan fingerprint density at radius 1 is 0.288 bits per heavy atom. The molecule has 0 heterocycles. The van der Waals surface area contributed by atoms with Crippen molar-refractivity contribution in [1.29, 1.82) is 0 Å². The number of carbonyl (C=O) groups is 3. The van der Waals surface area contributed by atoms with E-state index >= 15 is 0 Å². The van der Waals surface area contributed by atoms with Crippen LogP contribution in [0, 0.1) is 0 Å². The Kier molecular flexibility index (Phi) is 58.3. The minimum absolute atomic E-state index is 0.0894. The monoisotopic (exact) mass is 1020 g/mol. The van der Waals surface area contributed by atoms with Crippen LogP contribution in [0.1, 0.15) is 303 Å². The highest BCUT2D eigenvalue weighted by atomic mass is 16.6. The SMILES string of the molecule is CC/C=C\C/C=C\C/C=C\CCCCCC(=O)OCC(COC(=O)CCCCCCCCCCC/C=C\C/C=C\CCCCCCC)OC(=O)CCCCCCCCCCC/C=C\C/C=C\CCCCCCC. The zero-order valence-corrected chi connectivity index (χ0v) is 48.1. The Bertz CT molecular complexity index is 1400. The first-order chi connectivity index (χ1) is 36.0. The number of ether oxygens (including phenoxy) is 3. The molecule has 6 heteroatoms. The molecular formula is C67H116O6. The molecule has 1 atom stereocenters. The third-order valence-electron chi connectivity index (χ3n) is 13.4. The molecule has 0 aromatic rings. The highest BCUT2D eigenvalue weighted by Gasteiger charge is 2.19. The maximum absolute atomic E-state index is 12.9. The Balaban J connectivity index is 4.37. The highest BCUT2D eigenvalue weighted by Crippen LogP contribution is 2.16. The van der Waals surface area contributed by atoms with E-state index in [9.17, 15) is 14.4 Å². The summed E-state index contributed by atoms with van der Waals surface area (Å²) in [6, 6.07) is 0. The lowest BCUT2D eigenvalue weighted by Crippen LogP contribution is -2.30. The molecule has 0 aliphatic heterocycles. The molecule has 6 nitrogen and oxygen atoms in total. The molecule has 0 N–H and O–H groups in total. The molecule has 0 saturated carbocycles. The van der Waals surface area contributed by atoms with E-state index in [0.29, 0.717) is 19.3 Å². The normalized spacial score (nSPS) is 12.6. The number of unbranched alkanes of at least 4 members (excludes halogenated alkanes) is 31. The Morgan fingerprint density at radius 3 is 0.849 bits per heavy atom. The molecule has 0 saturated heterocycles. The second-order valence-electron chi connectivity index (χ2n) is 20.6. The first-order valence-corrected chi connectivity index (χ1v) is 31.1. The van der Waals surface area contributed by atoms with Gasteiger partial charge < -0.3 is 14.2 Å². The molecule has 1 unspecified atom stereocenters. The van der Waals surface area contributed by atoms with Gasteiger partial charge in [-0.15, -0.1) is 0 Å². The number of rotatable bonds is 56. The van der Waals surface area contributed by atoms with Gasteiger partial charge in [0.1, 0.15) is 13.2 Å². The van der Waals surface area contributed by atoms with Crippen LogP contribution in [-0.4, -0.2) is 37.2 Å². The summed E-state index contributed by atoms with van der Waals surface area (Å²) in [5.41, 5.74) is 0. The number of carbonyl (C=O) groups excluding carboxylic acids is 3. The minimum atomic E-state index is -0.794. The largest absolute Gasteiger partial charge is 0.462 e. The van der Waals surface area contributed by atoms with Crippen LogP contribution in [0.15, 0.2) is 85.1 Å². The Labute approximate surface area is 452 Å². The first-order valence-electron chi connectivity index (χ1n) is 31.1. The number of esters is 3. The van der Waals surface area contributed by atoms with Crippen molar-refractivity contribution < 1.29 is 28.6 Å². The van der Waals surface area contributed by atoms with Crippen molar-refractivity contribution in [2.24, 2.45) is 0 Å². The molecular weight excluding hydrogens is 901 g/mol. The van der Waals surface area contributed by atoms with Crippen molar-refractivity contribution in [3.63, 3.8) is 0 Å². The summed E-state index contributed by atoms with van der Waals surface area (Å²) >= 11 is 0. The van der Waals surface area contributed by atoms with E-state index in [2.05, 4.69) is 106 Å². The van der Waals surface area contributed by atoms with Crippen LogP contribution in [0.5, 0.6) is 0 Å². The molecule has 0 radical (unpaired) electrons. The first kappa shape index (κ1) is 69.6. The summed E-state index contributed by atoms with van der Waals surface area (Å²) in [5.74, 6) is -0.919. The van der Waals surface area contributed by atoms with Crippen LogP contribution in [0.25, 0.3) is 0 Å². The highest BCUT2D eigenvalue weighted by molar-refractivity contribution is 5.71. The molecule has 0 bridgehead atoms. The number of hydrogen-bond donors (Lipinski definition) is 0. The topological polar surface area (TPSA) is 78.9 Å². The second-order valence-corrected chi connectivity index (χ2v) is 20.6. The van der Waals surface area contributed by atoms with E-state index in [1.165, 1.54) is 167 Å². The van der Waals surface area contributed by atoms with Gasteiger partial charge >= 0.3 is 17.9 Å². The van der Waals surface area contributed by atoms with Gasteiger partial charge in [0, 0.05) is 19.3 Å². The summed E-state index contributed by atoms with van der Waals surface area (Å²) in [6.07, 6.45) is 80.1. The third-order valence-corrected chi connectivity index (χ3v) is 13.4. The van der Waals surface area contributed by atoms with Gasteiger partial charge in [-0.3, -0.25) is 14.4 Å². The van der Waals surface area contributed by atoms with Crippen LogP contribution in [0.3, 0.4) is 0 Å². The molecule has 0 aliphatic carbocycles. The summed E-state index contributed by atoms with van der Waals surface area (Å²) in [6.45, 7) is 6.50. The van der Waals surface area contributed by atoms with Crippen molar-refractivity contribution in [2.45, 2.75) is 309 Å². The predicted molar refractivity (Wildman–Crippen MR) is 316 cm³/mol. The molecule has 73 heavy (non-hydrogen) atoms. The molecule has 0 rings (SSSR count). The summed E-state index contributed by atoms with van der Waals surface area (Å²) in [4.78, 5) is 38.2. The molecule has 0 amide bonds. The van der Waals surface area contributed by atoms with Crippen LogP contribution >= 0.6 is 0 Å². The van der Waals surface area contributed by atoms with E-state index in [1.54, 1.807) is 0 Å². The van der Waals surface area contributed by atoms with Gasteiger partial charge in [0.05, 0.1) is 0 Å². The standard InChI is InChI=1S/C67H116O6/c1-4-7-10-13-16-19-22-25-27-29-31-33-35-37-39-42-45-48-51-54-57-60-66(69)72-63-64(62-71-65(68)59-56-53-50-47-44-41-24-21-18-15-12-9-6-3)73-67(70)61-58-55-52-49-46-43-40-38-36-34-32-30-28-26-23-20-17-14-11-8-5-2/h9,12,18,21-23,25-26,29-32,41,44,64H,4-8,10-11,13-17,19-20,24,27-28,33-40,42-43,45-63H2,1-3H3/b12-9-,21-18-,25-22-,26-23-,31-29-,32-30-,44-41-. The van der Waals surface area contributed by atoms with Crippen molar-refractivity contribution in [3.05, 3.63) is 85.1 Å². The van der Waals surface area contributed by atoms with E-state index in [-0.39, 0.29) is 31.1 Å². The maximum Gasteiger partial charge on any atom is 0.306 e. The van der Waals surface area contributed by atoms with Gasteiger partial charge in [0.25, 0.3) is 0 Å². The van der Waals surface area contributed by atoms with Crippen LogP contribution in [-0.2, 0) is 28.6 Å². The van der Waals surface area contributed by atoms with E-state index in [4.69, 9.17) is 14.2 Å². The minimum Gasteiger partial charge on any atom is -0.462 e. The fourth-order valence-electron chi connectivity index (χ4n) is 8.69. The van der Waals surface area contributed by atoms with Crippen molar-refractivity contribution in [1.82, 2.24) is 0 Å². The molecule has 0 aromatic heterocycles. The van der Waals surface area contributed by atoms with Gasteiger partial charge in [-0.2, -0.15) is 0 Å². The fraction of sp³-hybridized carbons (Fsp3) is 0.746. The van der Waals surface area contributed by atoms with Gasteiger partial charge in [-0.05, 0) is 116 Å². The Hall–Kier alpha value is -3.41. The third kappa shape index (κ3) is 59.3. The lowest BCUT2D eigenvalue weighted by molar-refractivity contribution is -0.167. The van der Waals surface area contributed by atoms with Crippen LogP contribution in [0.4, 0.5) is 0 Å². The molecule has 0 spiro atoms. The smallest absolute Gasteiger partial charge is 0.306 e. The zero-order chi connectivity index (χ0) is 52.9. The summed E-state index contributed by atoms with van der Waals surface area (Å²) < 4.78 is 16.9. The zero-order valence-electron chi connectivity index (χ0n) is 48.1.